The Labute approximate surface area is 173 Å². The standard InChI is InChI=1S/C20H15BrClFN2O3/c1-10-17(19(25-28-10)18-13(22)3-2-4-14(18)23)20(26)24-15-7-8-27-16-6-5-11(21)9-12(15)16/h2-6,9,15H,7-8H2,1H3,(H,24,26). The van der Waals surface area contributed by atoms with Gasteiger partial charge in [0.15, 0.2) is 0 Å². The van der Waals surface area contributed by atoms with Crippen molar-refractivity contribution in [2.75, 3.05) is 6.61 Å². The van der Waals surface area contributed by atoms with E-state index < -0.39 is 11.7 Å². The molecule has 1 N–H and O–H groups in total. The van der Waals surface area contributed by atoms with E-state index in [4.69, 9.17) is 20.9 Å². The van der Waals surface area contributed by atoms with E-state index in [-0.39, 0.29) is 33.6 Å². The number of aryl methyl sites for hydroxylation is 1. The van der Waals surface area contributed by atoms with Crippen LogP contribution in [0, 0.1) is 12.7 Å². The first-order valence-electron chi connectivity index (χ1n) is 8.59. The summed E-state index contributed by atoms with van der Waals surface area (Å²) in [4.78, 5) is 13.1. The zero-order valence-corrected chi connectivity index (χ0v) is 17.1. The highest BCUT2D eigenvalue weighted by Gasteiger charge is 2.29. The number of carbonyl (C=O) groups is 1. The number of hydrogen-bond donors (Lipinski definition) is 1. The van der Waals surface area contributed by atoms with Crippen molar-refractivity contribution >= 4 is 33.4 Å². The maximum atomic E-state index is 14.4. The molecule has 3 aromatic rings. The van der Waals surface area contributed by atoms with Crippen LogP contribution in [0.25, 0.3) is 11.3 Å². The van der Waals surface area contributed by atoms with Crippen LogP contribution in [0.15, 0.2) is 45.4 Å². The molecule has 0 aliphatic carbocycles. The van der Waals surface area contributed by atoms with Gasteiger partial charge in [-0.1, -0.05) is 38.8 Å². The van der Waals surface area contributed by atoms with Crippen molar-refractivity contribution in [1.29, 1.82) is 0 Å². The minimum atomic E-state index is -0.574. The van der Waals surface area contributed by atoms with E-state index in [0.717, 1.165) is 15.8 Å². The van der Waals surface area contributed by atoms with Gasteiger partial charge in [-0.2, -0.15) is 0 Å². The zero-order valence-electron chi connectivity index (χ0n) is 14.8. The number of amides is 1. The molecule has 4 rings (SSSR count). The third-order valence-electron chi connectivity index (χ3n) is 4.61. The molecule has 8 heteroatoms. The molecular formula is C20H15BrClFN2O3. The van der Waals surface area contributed by atoms with Crippen LogP contribution in [0.2, 0.25) is 5.02 Å². The lowest BCUT2D eigenvalue weighted by atomic mass is 9.99. The fourth-order valence-electron chi connectivity index (χ4n) is 3.28. The summed E-state index contributed by atoms with van der Waals surface area (Å²) in [6, 6.07) is 9.68. The van der Waals surface area contributed by atoms with Gasteiger partial charge in [0.1, 0.15) is 28.6 Å². The van der Waals surface area contributed by atoms with Crippen LogP contribution in [0.4, 0.5) is 4.39 Å². The first-order valence-corrected chi connectivity index (χ1v) is 9.76. The van der Waals surface area contributed by atoms with Crippen molar-refractivity contribution in [3.8, 4) is 17.0 Å². The number of aromatic nitrogens is 1. The second-order valence-corrected chi connectivity index (χ2v) is 7.73. The topological polar surface area (TPSA) is 64.4 Å². The average Bonchev–Trinajstić information content (AvgIpc) is 3.03. The minimum absolute atomic E-state index is 0.0429. The van der Waals surface area contributed by atoms with Crippen molar-refractivity contribution in [2.45, 2.75) is 19.4 Å². The molecule has 0 spiro atoms. The van der Waals surface area contributed by atoms with Crippen molar-refractivity contribution in [2.24, 2.45) is 0 Å². The highest BCUT2D eigenvalue weighted by atomic mass is 79.9. The Morgan fingerprint density at radius 2 is 2.18 bits per heavy atom. The summed E-state index contributed by atoms with van der Waals surface area (Å²) in [6.07, 6.45) is 0.606. The Morgan fingerprint density at radius 3 is 2.96 bits per heavy atom. The monoisotopic (exact) mass is 464 g/mol. The van der Waals surface area contributed by atoms with Gasteiger partial charge in [0.25, 0.3) is 5.91 Å². The molecule has 0 saturated carbocycles. The minimum Gasteiger partial charge on any atom is -0.493 e. The second kappa shape index (κ2) is 7.56. The maximum absolute atomic E-state index is 14.4. The lowest BCUT2D eigenvalue weighted by Crippen LogP contribution is -2.32. The van der Waals surface area contributed by atoms with Crippen molar-refractivity contribution in [1.82, 2.24) is 10.5 Å². The lowest BCUT2D eigenvalue weighted by molar-refractivity contribution is 0.0924. The molecule has 1 amide bonds. The molecule has 1 atom stereocenters. The molecule has 0 radical (unpaired) electrons. The number of benzene rings is 2. The van der Waals surface area contributed by atoms with Gasteiger partial charge >= 0.3 is 0 Å². The predicted octanol–water partition coefficient (Wildman–Crippen LogP) is 5.46. The molecule has 0 bridgehead atoms. The van der Waals surface area contributed by atoms with E-state index in [0.29, 0.717) is 13.0 Å². The summed E-state index contributed by atoms with van der Waals surface area (Å²) in [6.45, 7) is 2.09. The number of nitrogens with zero attached hydrogens (tertiary/aromatic N) is 1. The van der Waals surface area contributed by atoms with Crippen LogP contribution < -0.4 is 10.1 Å². The number of halogens is 3. The molecule has 1 unspecified atom stereocenters. The summed E-state index contributed by atoms with van der Waals surface area (Å²) in [7, 11) is 0. The fraction of sp³-hybridized carbons (Fsp3) is 0.200. The zero-order chi connectivity index (χ0) is 19.8. The van der Waals surface area contributed by atoms with Crippen LogP contribution in [-0.4, -0.2) is 17.7 Å². The molecule has 5 nitrogen and oxygen atoms in total. The first-order chi connectivity index (χ1) is 13.5. The molecule has 1 aliphatic heterocycles. The van der Waals surface area contributed by atoms with Crippen LogP contribution >= 0.6 is 27.5 Å². The number of ether oxygens (including phenoxy) is 1. The van der Waals surface area contributed by atoms with Crippen LogP contribution in [0.5, 0.6) is 5.75 Å². The van der Waals surface area contributed by atoms with Gasteiger partial charge in [-0.3, -0.25) is 4.79 Å². The van der Waals surface area contributed by atoms with Gasteiger partial charge in [-0.25, -0.2) is 4.39 Å². The number of fused-ring (bicyclic) bond motifs is 1. The number of nitrogens with one attached hydrogen (secondary N) is 1. The normalized spacial score (nSPS) is 15.6. The molecule has 0 saturated heterocycles. The van der Waals surface area contributed by atoms with Gasteiger partial charge in [0, 0.05) is 16.5 Å². The van der Waals surface area contributed by atoms with E-state index in [1.165, 1.54) is 18.2 Å². The van der Waals surface area contributed by atoms with Gasteiger partial charge < -0.3 is 14.6 Å². The second-order valence-electron chi connectivity index (χ2n) is 6.40. The van der Waals surface area contributed by atoms with E-state index >= 15 is 0 Å². The highest BCUT2D eigenvalue weighted by molar-refractivity contribution is 9.10. The fourth-order valence-corrected chi connectivity index (χ4v) is 3.91. The van der Waals surface area contributed by atoms with Crippen LogP contribution in [-0.2, 0) is 0 Å². The molecule has 0 fully saturated rings. The van der Waals surface area contributed by atoms with E-state index in [1.807, 2.05) is 18.2 Å². The molecular weight excluding hydrogens is 451 g/mol. The third-order valence-corrected chi connectivity index (χ3v) is 5.41. The molecule has 1 aliphatic rings. The van der Waals surface area contributed by atoms with Crippen LogP contribution in [0.1, 0.15) is 34.1 Å². The summed E-state index contributed by atoms with van der Waals surface area (Å²) in [5.41, 5.74) is 1.16. The SMILES string of the molecule is Cc1onc(-c2c(F)cccc2Cl)c1C(=O)NC1CCOc2ccc(Br)cc21. The summed E-state index contributed by atoms with van der Waals surface area (Å²) >= 11 is 9.59. The van der Waals surface area contributed by atoms with Crippen molar-refractivity contribution in [3.63, 3.8) is 0 Å². The Balaban J connectivity index is 1.70. The van der Waals surface area contributed by atoms with Crippen molar-refractivity contribution in [3.05, 3.63) is 68.6 Å². The Hall–Kier alpha value is -2.38. The summed E-state index contributed by atoms with van der Waals surface area (Å²) in [5.74, 6) is 0.0218. The number of rotatable bonds is 3. The van der Waals surface area contributed by atoms with Gasteiger partial charge in [-0.05, 0) is 37.3 Å². The summed E-state index contributed by atoms with van der Waals surface area (Å²) < 4.78 is 26.1. The van der Waals surface area contributed by atoms with E-state index in [9.17, 15) is 9.18 Å². The Kier molecular flexibility index (Phi) is 5.12. The third kappa shape index (κ3) is 3.40. The van der Waals surface area contributed by atoms with E-state index in [2.05, 4.69) is 26.4 Å². The maximum Gasteiger partial charge on any atom is 0.257 e. The predicted molar refractivity (Wildman–Crippen MR) is 106 cm³/mol. The summed E-state index contributed by atoms with van der Waals surface area (Å²) in [5, 5.41) is 7.03. The van der Waals surface area contributed by atoms with Gasteiger partial charge in [0.2, 0.25) is 0 Å². The van der Waals surface area contributed by atoms with Gasteiger partial charge in [0.05, 0.1) is 23.2 Å². The van der Waals surface area contributed by atoms with Gasteiger partial charge in [-0.15, -0.1) is 0 Å². The molecule has 1 aromatic heterocycles. The Morgan fingerprint density at radius 1 is 1.36 bits per heavy atom. The molecule has 2 aromatic carbocycles. The van der Waals surface area contributed by atoms with Crippen LogP contribution in [0.3, 0.4) is 0 Å². The molecule has 144 valence electrons. The largest absolute Gasteiger partial charge is 0.493 e. The first kappa shape index (κ1) is 19.0. The quantitative estimate of drug-likeness (QED) is 0.558. The number of hydrogen-bond acceptors (Lipinski definition) is 4. The van der Waals surface area contributed by atoms with Crippen molar-refractivity contribution < 1.29 is 18.4 Å². The molecule has 2 heterocycles. The average molecular weight is 466 g/mol. The van der Waals surface area contributed by atoms with E-state index in [1.54, 1.807) is 6.92 Å². The Bertz CT molecular complexity index is 1050. The smallest absolute Gasteiger partial charge is 0.257 e. The highest BCUT2D eigenvalue weighted by Crippen LogP contribution is 2.36. The number of carbonyl (C=O) groups excluding carboxylic acids is 1. The molecule has 28 heavy (non-hydrogen) atoms. The lowest BCUT2D eigenvalue weighted by Gasteiger charge is -2.27.